The van der Waals surface area contributed by atoms with Crippen LogP contribution in [0.25, 0.3) is 0 Å². The van der Waals surface area contributed by atoms with Crippen LogP contribution in [-0.2, 0) is 15.2 Å². The molecule has 1 rings (SSSR count). The van der Waals surface area contributed by atoms with Crippen molar-refractivity contribution in [1.29, 1.82) is 0 Å². The summed E-state index contributed by atoms with van der Waals surface area (Å²) in [6, 6.07) is 3.07. The minimum Gasteiger partial charge on any atom is -0.478 e. The topological polar surface area (TPSA) is 74.2 Å². The van der Waals surface area contributed by atoms with Crippen LogP contribution in [0.2, 0.25) is 0 Å². The number of ether oxygens (including phenoxy) is 4. The minimum absolute atomic E-state index is 0.0526. The van der Waals surface area contributed by atoms with Crippen molar-refractivity contribution in [3.05, 3.63) is 23.3 Å². The largest absolute Gasteiger partial charge is 0.478 e. The fourth-order valence-corrected chi connectivity index (χ4v) is 1.71. The van der Waals surface area contributed by atoms with Crippen molar-refractivity contribution in [1.82, 2.24) is 0 Å². The Balaban J connectivity index is 3.15. The van der Waals surface area contributed by atoms with Gasteiger partial charge in [0.05, 0.1) is 0 Å². The Labute approximate surface area is 116 Å². The first-order chi connectivity index (χ1) is 9.13. The van der Waals surface area contributed by atoms with Gasteiger partial charge in [-0.1, -0.05) is 0 Å². The molecule has 0 atom stereocenters. The normalized spacial score (nSPS) is 10.3. The molecule has 0 bridgehead atoms. The van der Waals surface area contributed by atoms with E-state index in [1.165, 1.54) is 20.3 Å². The Morgan fingerprint density at radius 2 is 1.84 bits per heavy atom. The molecule has 0 aromatic heterocycles. The Morgan fingerprint density at radius 3 is 2.37 bits per heavy atom. The first-order valence-corrected chi connectivity index (χ1v) is 6.01. The lowest BCUT2D eigenvalue weighted by Crippen LogP contribution is -2.09. The van der Waals surface area contributed by atoms with Crippen LogP contribution in [0.4, 0.5) is 0 Å². The quantitative estimate of drug-likeness (QED) is 0.561. The van der Waals surface area contributed by atoms with Crippen LogP contribution in [-0.4, -0.2) is 38.9 Å². The van der Waals surface area contributed by atoms with Gasteiger partial charge >= 0.3 is 5.97 Å². The van der Waals surface area contributed by atoms with Crippen LogP contribution in [0, 0.1) is 0 Å². The molecule has 0 aliphatic heterocycles. The third-order valence-corrected chi connectivity index (χ3v) is 2.56. The molecule has 0 fully saturated rings. The molecule has 0 aliphatic rings. The molecule has 0 amide bonds. The summed E-state index contributed by atoms with van der Waals surface area (Å²) in [5.74, 6) is -0.225. The summed E-state index contributed by atoms with van der Waals surface area (Å²) >= 11 is 4.11. The molecular weight excluding hydrogens is 272 g/mol. The number of carbonyl (C=O) groups is 1. The van der Waals surface area contributed by atoms with Crippen molar-refractivity contribution in [2.75, 3.05) is 27.8 Å². The van der Waals surface area contributed by atoms with Crippen LogP contribution >= 0.6 is 12.6 Å². The number of aromatic carboxylic acids is 1. The second kappa shape index (κ2) is 7.88. The number of carboxylic acid groups (broad SMARTS) is 1. The lowest BCUT2D eigenvalue weighted by Gasteiger charge is -2.14. The predicted molar refractivity (Wildman–Crippen MR) is 71.1 cm³/mol. The number of benzene rings is 1. The molecule has 1 aromatic rings. The van der Waals surface area contributed by atoms with E-state index in [4.69, 9.17) is 18.9 Å². The Bertz CT molecular complexity index is 434. The zero-order valence-electron chi connectivity index (χ0n) is 10.7. The number of hydrogen-bond acceptors (Lipinski definition) is 6. The predicted octanol–water partition coefficient (Wildman–Crippen LogP) is 1.78. The smallest absolute Gasteiger partial charge is 0.339 e. The van der Waals surface area contributed by atoms with Crippen LogP contribution in [0.15, 0.2) is 12.1 Å². The van der Waals surface area contributed by atoms with E-state index in [9.17, 15) is 9.90 Å². The van der Waals surface area contributed by atoms with Crippen LogP contribution in [0.1, 0.15) is 15.9 Å². The summed E-state index contributed by atoms with van der Waals surface area (Å²) < 4.78 is 20.1. The summed E-state index contributed by atoms with van der Waals surface area (Å²) in [6.45, 7) is 0.00215. The number of methoxy groups -OCH3 is 2. The second-order valence-electron chi connectivity index (χ2n) is 3.52. The Kier molecular flexibility index (Phi) is 6.48. The number of hydrogen-bond donors (Lipinski definition) is 2. The molecule has 106 valence electrons. The van der Waals surface area contributed by atoms with E-state index in [1.807, 2.05) is 0 Å². The number of thiol groups is 1. The summed E-state index contributed by atoms with van der Waals surface area (Å²) in [4.78, 5) is 11.3. The summed E-state index contributed by atoms with van der Waals surface area (Å²) in [5, 5.41) is 9.22. The van der Waals surface area contributed by atoms with Crippen molar-refractivity contribution in [3.8, 4) is 11.5 Å². The maximum Gasteiger partial charge on any atom is 0.339 e. The van der Waals surface area contributed by atoms with E-state index >= 15 is 0 Å². The van der Waals surface area contributed by atoms with E-state index in [0.717, 1.165) is 0 Å². The zero-order chi connectivity index (χ0) is 14.3. The van der Waals surface area contributed by atoms with Crippen LogP contribution < -0.4 is 9.47 Å². The van der Waals surface area contributed by atoms with Gasteiger partial charge in [-0.15, -0.1) is 0 Å². The first-order valence-electron chi connectivity index (χ1n) is 5.38. The summed E-state index contributed by atoms with van der Waals surface area (Å²) in [6.07, 6.45) is 0. The third-order valence-electron chi connectivity index (χ3n) is 2.22. The number of rotatable bonds is 8. The maximum atomic E-state index is 11.3. The van der Waals surface area contributed by atoms with Gasteiger partial charge in [0.2, 0.25) is 0 Å². The van der Waals surface area contributed by atoms with E-state index in [2.05, 4.69) is 12.6 Å². The Morgan fingerprint density at radius 1 is 1.21 bits per heavy atom. The molecule has 0 aliphatic carbocycles. The monoisotopic (exact) mass is 288 g/mol. The zero-order valence-corrected chi connectivity index (χ0v) is 11.6. The fourth-order valence-electron chi connectivity index (χ4n) is 1.46. The second-order valence-corrected chi connectivity index (χ2v) is 3.84. The van der Waals surface area contributed by atoms with Crippen LogP contribution in [0.5, 0.6) is 11.5 Å². The highest BCUT2D eigenvalue weighted by Gasteiger charge is 2.18. The van der Waals surface area contributed by atoms with Gasteiger partial charge in [-0.05, 0) is 11.6 Å². The summed E-state index contributed by atoms with van der Waals surface area (Å²) in [5.41, 5.74) is 0.548. The van der Waals surface area contributed by atoms with Crippen molar-refractivity contribution in [2.24, 2.45) is 0 Å². The molecule has 6 nitrogen and oxygen atoms in total. The Hall–Kier alpha value is -1.44. The van der Waals surface area contributed by atoms with Gasteiger partial charge in [0.15, 0.2) is 13.6 Å². The molecule has 1 N–H and O–H groups in total. The van der Waals surface area contributed by atoms with Gasteiger partial charge in [-0.25, -0.2) is 4.79 Å². The average molecular weight is 288 g/mol. The highest BCUT2D eigenvalue weighted by atomic mass is 32.1. The van der Waals surface area contributed by atoms with Crippen LogP contribution in [0.3, 0.4) is 0 Å². The SMILES string of the molecule is COCOc1cc(CS)c(C(=O)O)c(OCOC)c1. The average Bonchev–Trinajstić information content (AvgIpc) is 2.41. The van der Waals surface area contributed by atoms with E-state index < -0.39 is 5.97 Å². The standard InChI is InChI=1S/C12H16O6S/c1-15-6-17-9-3-8(5-19)11(12(13)14)10(4-9)18-7-16-2/h3-4,19H,5-7H2,1-2H3,(H,13,14). The van der Waals surface area contributed by atoms with Gasteiger partial charge < -0.3 is 24.1 Å². The van der Waals surface area contributed by atoms with Crippen molar-refractivity contribution >= 4 is 18.6 Å². The van der Waals surface area contributed by atoms with Gasteiger partial charge in [-0.2, -0.15) is 12.6 Å². The van der Waals surface area contributed by atoms with Gasteiger partial charge in [0.25, 0.3) is 0 Å². The fraction of sp³-hybridized carbons (Fsp3) is 0.417. The molecule has 0 saturated carbocycles. The van der Waals surface area contributed by atoms with Gasteiger partial charge in [0, 0.05) is 26.0 Å². The van der Waals surface area contributed by atoms with Crippen molar-refractivity contribution < 1.29 is 28.8 Å². The maximum absolute atomic E-state index is 11.3. The molecule has 0 spiro atoms. The molecule has 1 aromatic carbocycles. The molecular formula is C12H16O6S. The highest BCUT2D eigenvalue weighted by molar-refractivity contribution is 7.79. The van der Waals surface area contributed by atoms with E-state index in [-0.39, 0.29) is 30.7 Å². The summed E-state index contributed by atoms with van der Waals surface area (Å²) in [7, 11) is 2.94. The number of carboxylic acids is 1. The van der Waals surface area contributed by atoms with Crippen molar-refractivity contribution in [3.63, 3.8) is 0 Å². The van der Waals surface area contributed by atoms with Gasteiger partial charge in [0.1, 0.15) is 17.1 Å². The first kappa shape index (κ1) is 15.6. The van der Waals surface area contributed by atoms with Crippen molar-refractivity contribution in [2.45, 2.75) is 5.75 Å². The molecule has 7 heteroatoms. The highest BCUT2D eigenvalue weighted by Crippen LogP contribution is 2.30. The lowest BCUT2D eigenvalue weighted by atomic mass is 10.1. The molecule has 0 unspecified atom stereocenters. The van der Waals surface area contributed by atoms with E-state index in [0.29, 0.717) is 11.3 Å². The minimum atomic E-state index is -1.09. The van der Waals surface area contributed by atoms with E-state index in [1.54, 1.807) is 6.07 Å². The third kappa shape index (κ3) is 4.30. The molecule has 0 radical (unpaired) electrons. The molecule has 0 saturated heterocycles. The molecule has 0 heterocycles. The van der Waals surface area contributed by atoms with Gasteiger partial charge in [-0.3, -0.25) is 0 Å². The molecule has 19 heavy (non-hydrogen) atoms. The lowest BCUT2D eigenvalue weighted by molar-refractivity contribution is 0.0444.